The summed E-state index contributed by atoms with van der Waals surface area (Å²) >= 11 is 0. The predicted molar refractivity (Wildman–Crippen MR) is 142 cm³/mol. The topological polar surface area (TPSA) is 59.0 Å². The summed E-state index contributed by atoms with van der Waals surface area (Å²) < 4.78 is 0. The Bertz CT molecular complexity index is 680. The first-order valence-corrected chi connectivity index (χ1v) is 11.6. The van der Waals surface area contributed by atoms with Crippen LogP contribution in [0.3, 0.4) is 0 Å². The first-order chi connectivity index (χ1) is 14.5. The number of anilines is 1. The minimum atomic E-state index is 0. The van der Waals surface area contributed by atoms with Gasteiger partial charge in [-0.3, -0.25) is 4.90 Å². The second-order valence-corrected chi connectivity index (χ2v) is 9.19. The number of guanidine groups is 1. The minimum Gasteiger partial charge on any atom is -0.357 e. The Kier molecular flexibility index (Phi) is 10.8. The molecular formula is C23H42IN7. The molecule has 2 aliphatic heterocycles. The Labute approximate surface area is 206 Å². The number of piperidine rings is 1. The van der Waals surface area contributed by atoms with Crippen LogP contribution >= 0.6 is 24.0 Å². The highest BCUT2D eigenvalue weighted by atomic mass is 127. The molecule has 176 valence electrons. The summed E-state index contributed by atoms with van der Waals surface area (Å²) in [6.45, 7) is 15.8. The van der Waals surface area contributed by atoms with E-state index in [0.717, 1.165) is 51.0 Å². The zero-order chi connectivity index (χ0) is 21.4. The zero-order valence-corrected chi connectivity index (χ0v) is 22.2. The molecule has 2 fully saturated rings. The largest absolute Gasteiger partial charge is 0.357 e. The number of nitrogens with zero attached hydrogens (tertiary/aromatic N) is 5. The van der Waals surface area contributed by atoms with Crippen LogP contribution < -0.4 is 15.5 Å². The fraction of sp³-hybridized carbons (Fsp3) is 0.739. The highest BCUT2D eigenvalue weighted by molar-refractivity contribution is 14.0. The molecule has 1 aromatic heterocycles. The van der Waals surface area contributed by atoms with Gasteiger partial charge in [0.05, 0.1) is 6.54 Å². The van der Waals surface area contributed by atoms with Gasteiger partial charge < -0.3 is 20.4 Å². The van der Waals surface area contributed by atoms with Gasteiger partial charge in [0.15, 0.2) is 5.96 Å². The van der Waals surface area contributed by atoms with Gasteiger partial charge >= 0.3 is 0 Å². The monoisotopic (exact) mass is 543 g/mol. The third-order valence-corrected chi connectivity index (χ3v) is 6.32. The minimum absolute atomic E-state index is 0. The molecular weight excluding hydrogens is 501 g/mol. The van der Waals surface area contributed by atoms with Crippen LogP contribution in [0, 0.1) is 0 Å². The van der Waals surface area contributed by atoms with Crippen molar-refractivity contribution in [2.24, 2.45) is 4.99 Å². The quantitative estimate of drug-likeness (QED) is 0.314. The Morgan fingerprint density at radius 3 is 2.45 bits per heavy atom. The van der Waals surface area contributed by atoms with E-state index in [1.807, 2.05) is 12.3 Å². The van der Waals surface area contributed by atoms with E-state index in [-0.39, 0.29) is 29.5 Å². The van der Waals surface area contributed by atoms with Crippen molar-refractivity contribution in [3.05, 3.63) is 23.9 Å². The molecule has 2 aliphatic rings. The number of pyridine rings is 1. The van der Waals surface area contributed by atoms with Crippen molar-refractivity contribution in [1.29, 1.82) is 0 Å². The van der Waals surface area contributed by atoms with Crippen molar-refractivity contribution in [1.82, 2.24) is 25.4 Å². The van der Waals surface area contributed by atoms with Gasteiger partial charge in [0.2, 0.25) is 0 Å². The van der Waals surface area contributed by atoms with Crippen LogP contribution in [-0.4, -0.2) is 85.7 Å². The lowest BCUT2D eigenvalue weighted by Gasteiger charge is -2.41. The lowest BCUT2D eigenvalue weighted by atomic mass is 9.98. The van der Waals surface area contributed by atoms with Crippen LogP contribution in [0.5, 0.6) is 0 Å². The van der Waals surface area contributed by atoms with Crippen molar-refractivity contribution in [2.75, 3.05) is 64.3 Å². The van der Waals surface area contributed by atoms with E-state index < -0.39 is 0 Å². The van der Waals surface area contributed by atoms with Crippen LogP contribution in [0.15, 0.2) is 23.3 Å². The molecule has 0 radical (unpaired) electrons. The number of aliphatic imine (C=N–C) groups is 1. The van der Waals surface area contributed by atoms with Gasteiger partial charge in [-0.1, -0.05) is 12.5 Å². The second-order valence-electron chi connectivity index (χ2n) is 9.19. The molecule has 31 heavy (non-hydrogen) atoms. The number of aromatic nitrogens is 1. The first kappa shape index (κ1) is 26.1. The average molecular weight is 544 g/mol. The van der Waals surface area contributed by atoms with E-state index >= 15 is 0 Å². The number of hydrogen-bond donors (Lipinski definition) is 2. The molecule has 0 unspecified atom stereocenters. The van der Waals surface area contributed by atoms with Gasteiger partial charge in [-0.2, -0.15) is 0 Å². The smallest absolute Gasteiger partial charge is 0.191 e. The van der Waals surface area contributed by atoms with Crippen molar-refractivity contribution in [3.8, 4) is 0 Å². The Hall–Kier alpha value is -1.13. The summed E-state index contributed by atoms with van der Waals surface area (Å²) in [5.41, 5.74) is 1.31. The van der Waals surface area contributed by atoms with E-state index in [4.69, 9.17) is 4.99 Å². The molecule has 0 aromatic carbocycles. The predicted octanol–water partition coefficient (Wildman–Crippen LogP) is 2.77. The molecule has 0 aliphatic carbocycles. The number of rotatable bonds is 7. The van der Waals surface area contributed by atoms with E-state index in [1.54, 1.807) is 0 Å². The van der Waals surface area contributed by atoms with Gasteiger partial charge in [-0.15, -0.1) is 24.0 Å². The molecule has 8 heteroatoms. The lowest BCUT2D eigenvalue weighted by molar-refractivity contribution is 0.0982. The van der Waals surface area contributed by atoms with E-state index in [0.29, 0.717) is 6.54 Å². The highest BCUT2D eigenvalue weighted by Crippen LogP contribution is 2.21. The number of likely N-dealkylation sites (tertiary alicyclic amines) is 1. The van der Waals surface area contributed by atoms with Crippen LogP contribution in [0.1, 0.15) is 45.6 Å². The summed E-state index contributed by atoms with van der Waals surface area (Å²) in [5.74, 6) is 1.97. The normalized spacial score (nSPS) is 19.1. The SMILES string of the molecule is CCNC(=NCc1cccnc1N1CCN(C)CC1)NCC(C)(C)N1CCCCC1.I. The molecule has 0 saturated carbocycles. The standard InChI is InChI=1S/C23H41N7.HI/c1-5-24-22(27-19-23(2,3)30-12-7-6-8-13-30)26-18-20-10-9-11-25-21(20)29-16-14-28(4)15-17-29;/h9-11H,5-8,12-19H2,1-4H3,(H2,24,26,27);1H. The van der Waals surface area contributed by atoms with Gasteiger partial charge in [-0.05, 0) is 59.8 Å². The fourth-order valence-electron chi connectivity index (χ4n) is 4.27. The van der Waals surface area contributed by atoms with Gasteiger partial charge in [-0.25, -0.2) is 9.98 Å². The number of nitrogens with one attached hydrogen (secondary N) is 2. The molecule has 0 amide bonds. The van der Waals surface area contributed by atoms with Gasteiger partial charge in [0, 0.05) is 56.6 Å². The number of hydrogen-bond acceptors (Lipinski definition) is 5. The first-order valence-electron chi connectivity index (χ1n) is 11.6. The summed E-state index contributed by atoms with van der Waals surface area (Å²) in [7, 11) is 2.18. The van der Waals surface area contributed by atoms with E-state index in [9.17, 15) is 0 Å². The Morgan fingerprint density at radius 1 is 1.06 bits per heavy atom. The third kappa shape index (κ3) is 7.75. The van der Waals surface area contributed by atoms with Crippen molar-refractivity contribution in [3.63, 3.8) is 0 Å². The molecule has 0 bridgehead atoms. The van der Waals surface area contributed by atoms with Crippen LogP contribution in [0.4, 0.5) is 5.82 Å². The lowest BCUT2D eigenvalue weighted by Crippen LogP contribution is -2.54. The maximum atomic E-state index is 4.90. The molecule has 1 aromatic rings. The molecule has 3 rings (SSSR count). The third-order valence-electron chi connectivity index (χ3n) is 6.32. The molecule has 2 N–H and O–H groups in total. The summed E-state index contributed by atoms with van der Waals surface area (Å²) in [6, 6.07) is 4.18. The van der Waals surface area contributed by atoms with Crippen LogP contribution in [0.25, 0.3) is 0 Å². The Morgan fingerprint density at radius 2 is 1.77 bits per heavy atom. The maximum Gasteiger partial charge on any atom is 0.191 e. The number of piperazine rings is 1. The van der Waals surface area contributed by atoms with Crippen molar-refractivity contribution < 1.29 is 0 Å². The second kappa shape index (κ2) is 12.8. The maximum absolute atomic E-state index is 4.90. The molecule has 0 spiro atoms. The Balaban J connectivity index is 0.00000341. The van der Waals surface area contributed by atoms with Crippen molar-refractivity contribution >= 4 is 35.8 Å². The zero-order valence-electron chi connectivity index (χ0n) is 19.9. The fourth-order valence-corrected chi connectivity index (χ4v) is 4.27. The molecule has 7 nitrogen and oxygen atoms in total. The van der Waals surface area contributed by atoms with Crippen LogP contribution in [-0.2, 0) is 6.54 Å². The summed E-state index contributed by atoms with van der Waals surface area (Å²) in [5, 5.41) is 7.00. The van der Waals surface area contributed by atoms with Crippen molar-refractivity contribution in [2.45, 2.75) is 52.1 Å². The highest BCUT2D eigenvalue weighted by Gasteiger charge is 2.28. The average Bonchev–Trinajstić information content (AvgIpc) is 2.77. The summed E-state index contributed by atoms with van der Waals surface area (Å²) in [6.07, 6.45) is 5.89. The van der Waals surface area contributed by atoms with Crippen LogP contribution in [0.2, 0.25) is 0 Å². The molecule has 3 heterocycles. The molecule has 2 saturated heterocycles. The van der Waals surface area contributed by atoms with E-state index in [1.165, 1.54) is 37.9 Å². The summed E-state index contributed by atoms with van der Waals surface area (Å²) in [4.78, 5) is 17.0. The number of halogens is 1. The van der Waals surface area contributed by atoms with E-state index in [2.05, 4.69) is 64.2 Å². The van der Waals surface area contributed by atoms with Gasteiger partial charge in [0.25, 0.3) is 0 Å². The molecule has 0 atom stereocenters. The number of likely N-dealkylation sites (N-methyl/N-ethyl adjacent to an activating group) is 1. The van der Waals surface area contributed by atoms with Gasteiger partial charge in [0.1, 0.15) is 5.82 Å².